The number of nitrogen functional groups attached to an aromatic ring is 1. The first kappa shape index (κ1) is 18.6. The van der Waals surface area contributed by atoms with Gasteiger partial charge in [-0.2, -0.15) is 0 Å². The Labute approximate surface area is 167 Å². The molecule has 3 aromatic carbocycles. The smallest absolute Gasteiger partial charge is 0.279 e. The maximum Gasteiger partial charge on any atom is 0.279 e. The summed E-state index contributed by atoms with van der Waals surface area (Å²) in [6.07, 6.45) is -1.15. The summed E-state index contributed by atoms with van der Waals surface area (Å²) in [5, 5.41) is 13.6. The van der Waals surface area contributed by atoms with Gasteiger partial charge in [-0.05, 0) is 35.4 Å². The molecule has 0 radical (unpaired) electrons. The standard InChI is InChI=1S/C23H21N3O3/c24-22-20(23(28)26(25-22)18-9-5-2-6-10-18)21(27)17-11-13-19(14-12-17)29-15-16-7-3-1-4-8-16/h1-14,21,25,27H,15,24H2. The van der Waals surface area contributed by atoms with Crippen molar-refractivity contribution in [2.24, 2.45) is 0 Å². The van der Waals surface area contributed by atoms with Crippen LogP contribution in [0.3, 0.4) is 0 Å². The zero-order chi connectivity index (χ0) is 20.2. The summed E-state index contributed by atoms with van der Waals surface area (Å²) in [5.41, 5.74) is 8.00. The van der Waals surface area contributed by atoms with Gasteiger partial charge in [0.2, 0.25) is 0 Å². The molecule has 1 atom stereocenters. The van der Waals surface area contributed by atoms with E-state index in [1.54, 1.807) is 36.4 Å². The van der Waals surface area contributed by atoms with Crippen molar-refractivity contribution >= 4 is 5.82 Å². The van der Waals surface area contributed by atoms with Crippen molar-refractivity contribution in [3.05, 3.63) is 112 Å². The van der Waals surface area contributed by atoms with Crippen LogP contribution in [-0.4, -0.2) is 14.9 Å². The highest BCUT2D eigenvalue weighted by molar-refractivity contribution is 5.47. The number of aromatic amines is 1. The van der Waals surface area contributed by atoms with Crippen molar-refractivity contribution in [3.8, 4) is 11.4 Å². The van der Waals surface area contributed by atoms with Gasteiger partial charge in [0.15, 0.2) is 0 Å². The molecule has 0 aliphatic rings. The third kappa shape index (κ3) is 3.93. The van der Waals surface area contributed by atoms with Crippen LogP contribution in [0.15, 0.2) is 89.7 Å². The fourth-order valence-corrected chi connectivity index (χ4v) is 3.14. The second-order valence-corrected chi connectivity index (χ2v) is 6.66. The molecule has 0 spiro atoms. The van der Waals surface area contributed by atoms with E-state index >= 15 is 0 Å². The van der Waals surface area contributed by atoms with Crippen molar-refractivity contribution in [3.63, 3.8) is 0 Å². The van der Waals surface area contributed by atoms with E-state index in [0.29, 0.717) is 23.6 Å². The maximum absolute atomic E-state index is 12.8. The number of nitrogens with zero attached hydrogens (tertiary/aromatic N) is 1. The molecule has 0 bridgehead atoms. The Morgan fingerprint density at radius 1 is 0.931 bits per heavy atom. The summed E-state index contributed by atoms with van der Waals surface area (Å²) < 4.78 is 7.09. The summed E-state index contributed by atoms with van der Waals surface area (Å²) in [5.74, 6) is 0.810. The molecule has 6 heteroatoms. The Hall–Kier alpha value is -3.77. The van der Waals surface area contributed by atoms with E-state index in [2.05, 4.69) is 5.10 Å². The normalized spacial score (nSPS) is 11.9. The lowest BCUT2D eigenvalue weighted by Crippen LogP contribution is -2.20. The summed E-state index contributed by atoms with van der Waals surface area (Å²) in [6, 6.07) is 25.9. The van der Waals surface area contributed by atoms with Gasteiger partial charge in [0.25, 0.3) is 5.56 Å². The lowest BCUT2D eigenvalue weighted by atomic mass is 10.0. The van der Waals surface area contributed by atoms with Crippen LogP contribution in [0, 0.1) is 0 Å². The first-order valence-corrected chi connectivity index (χ1v) is 9.24. The van der Waals surface area contributed by atoms with Crippen molar-refractivity contribution in [1.82, 2.24) is 9.78 Å². The maximum atomic E-state index is 12.8. The van der Waals surface area contributed by atoms with Crippen molar-refractivity contribution in [2.75, 3.05) is 5.73 Å². The van der Waals surface area contributed by atoms with Crippen LogP contribution < -0.4 is 16.0 Å². The second-order valence-electron chi connectivity index (χ2n) is 6.66. The second kappa shape index (κ2) is 8.08. The molecular formula is C23H21N3O3. The summed E-state index contributed by atoms with van der Waals surface area (Å²) in [7, 11) is 0. The molecule has 1 unspecified atom stereocenters. The first-order valence-electron chi connectivity index (χ1n) is 9.24. The SMILES string of the molecule is Nc1[nH]n(-c2ccccc2)c(=O)c1C(O)c1ccc(OCc2ccccc2)cc1. The molecule has 1 aromatic heterocycles. The summed E-state index contributed by atoms with van der Waals surface area (Å²) in [6.45, 7) is 0.454. The number of aliphatic hydroxyl groups excluding tert-OH is 1. The molecular weight excluding hydrogens is 366 g/mol. The number of nitrogens with two attached hydrogens (primary N) is 1. The van der Waals surface area contributed by atoms with Gasteiger partial charge >= 0.3 is 0 Å². The highest BCUT2D eigenvalue weighted by atomic mass is 16.5. The van der Waals surface area contributed by atoms with Crippen LogP contribution in [0.5, 0.6) is 5.75 Å². The molecule has 4 rings (SSSR count). The number of aromatic nitrogens is 2. The van der Waals surface area contributed by atoms with Gasteiger partial charge in [-0.25, -0.2) is 4.68 Å². The van der Waals surface area contributed by atoms with Gasteiger partial charge < -0.3 is 15.6 Å². The van der Waals surface area contributed by atoms with Crippen LogP contribution in [-0.2, 0) is 6.61 Å². The summed E-state index contributed by atoms with van der Waals surface area (Å²) in [4.78, 5) is 12.8. The Kier molecular flexibility index (Phi) is 5.18. The topological polar surface area (TPSA) is 93.3 Å². The fraction of sp³-hybridized carbons (Fsp3) is 0.0870. The molecule has 146 valence electrons. The first-order chi connectivity index (χ1) is 14.1. The van der Waals surface area contributed by atoms with Gasteiger partial charge in [0.05, 0.1) is 11.3 Å². The minimum Gasteiger partial charge on any atom is -0.489 e. The molecule has 0 amide bonds. The van der Waals surface area contributed by atoms with Crippen LogP contribution >= 0.6 is 0 Å². The van der Waals surface area contributed by atoms with Crippen LogP contribution in [0.2, 0.25) is 0 Å². The molecule has 0 aliphatic heterocycles. The number of ether oxygens (including phenoxy) is 1. The molecule has 4 aromatic rings. The molecule has 29 heavy (non-hydrogen) atoms. The van der Waals surface area contributed by atoms with Gasteiger partial charge in [-0.3, -0.25) is 9.89 Å². The molecule has 0 fully saturated rings. The van der Waals surface area contributed by atoms with Crippen molar-refractivity contribution in [1.29, 1.82) is 0 Å². The Bertz CT molecular complexity index is 1130. The quantitative estimate of drug-likeness (QED) is 0.473. The number of hydrogen-bond donors (Lipinski definition) is 3. The van der Waals surface area contributed by atoms with Crippen LogP contribution in [0.4, 0.5) is 5.82 Å². The van der Waals surface area contributed by atoms with E-state index in [-0.39, 0.29) is 16.9 Å². The number of para-hydroxylation sites is 1. The van der Waals surface area contributed by atoms with E-state index in [9.17, 15) is 9.90 Å². The molecule has 4 N–H and O–H groups in total. The Morgan fingerprint density at radius 2 is 1.55 bits per heavy atom. The number of H-pyrrole nitrogens is 1. The van der Waals surface area contributed by atoms with Gasteiger partial charge in [0, 0.05) is 0 Å². The minimum atomic E-state index is -1.15. The van der Waals surface area contributed by atoms with E-state index in [0.717, 1.165) is 5.56 Å². The van der Waals surface area contributed by atoms with Gasteiger partial charge in [-0.15, -0.1) is 0 Å². The predicted octanol–water partition coefficient (Wildman–Crippen LogP) is 3.41. The number of anilines is 1. The predicted molar refractivity (Wildman–Crippen MR) is 112 cm³/mol. The molecule has 0 saturated carbocycles. The average molecular weight is 387 g/mol. The highest BCUT2D eigenvalue weighted by Crippen LogP contribution is 2.25. The molecule has 0 saturated heterocycles. The number of nitrogens with one attached hydrogen (secondary N) is 1. The van der Waals surface area contributed by atoms with Crippen molar-refractivity contribution in [2.45, 2.75) is 12.7 Å². The molecule has 6 nitrogen and oxygen atoms in total. The van der Waals surface area contributed by atoms with E-state index in [1.807, 2.05) is 48.5 Å². The Morgan fingerprint density at radius 3 is 2.21 bits per heavy atom. The lowest BCUT2D eigenvalue weighted by molar-refractivity contribution is 0.219. The average Bonchev–Trinajstić information content (AvgIpc) is 3.07. The fourth-order valence-electron chi connectivity index (χ4n) is 3.14. The molecule has 0 aliphatic carbocycles. The number of rotatable bonds is 6. The van der Waals surface area contributed by atoms with Gasteiger partial charge in [0.1, 0.15) is 24.3 Å². The highest BCUT2D eigenvalue weighted by Gasteiger charge is 2.22. The van der Waals surface area contributed by atoms with Crippen LogP contribution in [0.1, 0.15) is 22.8 Å². The zero-order valence-corrected chi connectivity index (χ0v) is 15.7. The minimum absolute atomic E-state index is 0.117. The lowest BCUT2D eigenvalue weighted by Gasteiger charge is -2.11. The third-order valence-electron chi connectivity index (χ3n) is 4.69. The van der Waals surface area contributed by atoms with Crippen LogP contribution in [0.25, 0.3) is 5.69 Å². The molecule has 1 heterocycles. The van der Waals surface area contributed by atoms with E-state index in [4.69, 9.17) is 10.5 Å². The van der Waals surface area contributed by atoms with Crippen molar-refractivity contribution < 1.29 is 9.84 Å². The van der Waals surface area contributed by atoms with Gasteiger partial charge in [-0.1, -0.05) is 60.7 Å². The van der Waals surface area contributed by atoms with E-state index in [1.165, 1.54) is 4.68 Å². The number of hydrogen-bond acceptors (Lipinski definition) is 4. The summed E-state index contributed by atoms with van der Waals surface area (Å²) >= 11 is 0. The number of benzene rings is 3. The number of aliphatic hydroxyl groups is 1. The van der Waals surface area contributed by atoms with E-state index < -0.39 is 6.10 Å². The third-order valence-corrected chi connectivity index (χ3v) is 4.69. The Balaban J connectivity index is 1.53. The monoisotopic (exact) mass is 387 g/mol. The zero-order valence-electron chi connectivity index (χ0n) is 15.7. The largest absolute Gasteiger partial charge is 0.489 e.